The number of nitrogens with zero attached hydrogens (tertiary/aromatic N) is 3. The third-order valence-corrected chi connectivity index (χ3v) is 3.98. The number of aromatic nitrogens is 2. The van der Waals surface area contributed by atoms with E-state index in [-0.39, 0.29) is 12.0 Å². The third-order valence-electron chi connectivity index (χ3n) is 3.24. The number of amides is 1. The molecule has 1 fully saturated rings. The molecule has 0 radical (unpaired) electrons. The number of thioether (sulfide) groups is 1. The zero-order valence-electron chi connectivity index (χ0n) is 13.8. The van der Waals surface area contributed by atoms with Gasteiger partial charge in [0.15, 0.2) is 5.16 Å². The van der Waals surface area contributed by atoms with Crippen molar-refractivity contribution in [1.82, 2.24) is 14.9 Å². The van der Waals surface area contributed by atoms with E-state index in [0.717, 1.165) is 6.42 Å². The lowest BCUT2D eigenvalue weighted by Gasteiger charge is -2.24. The first-order chi connectivity index (χ1) is 10.8. The number of ether oxygens (including phenoxy) is 2. The largest absolute Gasteiger partial charge is 0.477 e. The molecule has 0 aromatic carbocycles. The Bertz CT molecular complexity index is 565. The van der Waals surface area contributed by atoms with Crippen molar-refractivity contribution in [3.8, 4) is 5.88 Å². The molecule has 1 saturated heterocycles. The second-order valence-electron chi connectivity index (χ2n) is 6.41. The standard InChI is InChI=1S/C15H22ClN3O3S/c1-15(2,3)22-14(20)19-6-5-10(8-19)9-21-12-7-11(16)17-13(18-12)23-4/h7,10H,5-6,8-9H2,1-4H3. The van der Waals surface area contributed by atoms with Gasteiger partial charge < -0.3 is 14.4 Å². The van der Waals surface area contributed by atoms with E-state index < -0.39 is 5.60 Å². The maximum absolute atomic E-state index is 12.0. The molecule has 8 heteroatoms. The lowest BCUT2D eigenvalue weighted by atomic mass is 10.1. The van der Waals surface area contributed by atoms with Crippen LogP contribution >= 0.6 is 23.4 Å². The van der Waals surface area contributed by atoms with Crippen LogP contribution in [-0.2, 0) is 4.74 Å². The second kappa shape index (κ2) is 7.57. The molecular weight excluding hydrogens is 338 g/mol. The zero-order valence-corrected chi connectivity index (χ0v) is 15.4. The minimum absolute atomic E-state index is 0.258. The number of rotatable bonds is 4. The highest BCUT2D eigenvalue weighted by molar-refractivity contribution is 7.98. The Hall–Kier alpha value is -1.21. The van der Waals surface area contributed by atoms with E-state index in [4.69, 9.17) is 21.1 Å². The molecule has 1 aliphatic rings. The van der Waals surface area contributed by atoms with Gasteiger partial charge in [-0.2, -0.15) is 4.98 Å². The number of halogens is 1. The summed E-state index contributed by atoms with van der Waals surface area (Å²) in [6.07, 6.45) is 2.49. The fourth-order valence-corrected chi connectivity index (χ4v) is 2.80. The highest BCUT2D eigenvalue weighted by atomic mass is 35.5. The van der Waals surface area contributed by atoms with Crippen LogP contribution in [-0.4, -0.2) is 52.5 Å². The molecule has 0 bridgehead atoms. The Morgan fingerprint density at radius 1 is 1.48 bits per heavy atom. The first kappa shape index (κ1) is 18.1. The highest BCUT2D eigenvalue weighted by Gasteiger charge is 2.30. The van der Waals surface area contributed by atoms with Gasteiger partial charge in [0.2, 0.25) is 5.88 Å². The first-order valence-corrected chi connectivity index (χ1v) is 9.06. The minimum atomic E-state index is -0.475. The monoisotopic (exact) mass is 359 g/mol. The predicted octanol–water partition coefficient (Wildman–Crippen LogP) is 3.49. The lowest BCUT2D eigenvalue weighted by molar-refractivity contribution is 0.0284. The van der Waals surface area contributed by atoms with Crippen molar-refractivity contribution in [1.29, 1.82) is 0 Å². The van der Waals surface area contributed by atoms with E-state index in [1.165, 1.54) is 11.8 Å². The fourth-order valence-electron chi connectivity index (χ4n) is 2.21. The van der Waals surface area contributed by atoms with Gasteiger partial charge in [-0.1, -0.05) is 23.4 Å². The molecule has 1 amide bonds. The molecule has 23 heavy (non-hydrogen) atoms. The molecule has 1 aliphatic heterocycles. The van der Waals surface area contributed by atoms with Gasteiger partial charge in [0.05, 0.1) is 6.61 Å². The Balaban J connectivity index is 1.84. The van der Waals surface area contributed by atoms with E-state index in [1.54, 1.807) is 11.0 Å². The number of hydrogen-bond acceptors (Lipinski definition) is 6. The maximum atomic E-state index is 12.0. The van der Waals surface area contributed by atoms with Crippen molar-refractivity contribution in [3.63, 3.8) is 0 Å². The van der Waals surface area contributed by atoms with E-state index >= 15 is 0 Å². The van der Waals surface area contributed by atoms with Crippen LogP contribution in [0.25, 0.3) is 0 Å². The number of hydrogen-bond donors (Lipinski definition) is 0. The van der Waals surface area contributed by atoms with E-state index in [2.05, 4.69) is 9.97 Å². The Kier molecular flexibility index (Phi) is 5.97. The summed E-state index contributed by atoms with van der Waals surface area (Å²) in [6.45, 7) is 7.39. The van der Waals surface area contributed by atoms with Gasteiger partial charge in [0, 0.05) is 25.1 Å². The Morgan fingerprint density at radius 3 is 2.87 bits per heavy atom. The van der Waals surface area contributed by atoms with E-state index in [9.17, 15) is 4.79 Å². The van der Waals surface area contributed by atoms with Crippen LogP contribution in [0.4, 0.5) is 4.79 Å². The van der Waals surface area contributed by atoms with Crippen molar-refractivity contribution in [2.45, 2.75) is 37.9 Å². The molecule has 1 atom stereocenters. The molecule has 2 rings (SSSR count). The Labute approximate surface area is 145 Å². The van der Waals surface area contributed by atoms with Crippen LogP contribution in [0.15, 0.2) is 11.2 Å². The van der Waals surface area contributed by atoms with Gasteiger partial charge in [0.1, 0.15) is 10.8 Å². The average Bonchev–Trinajstić information content (AvgIpc) is 2.91. The summed E-state index contributed by atoms with van der Waals surface area (Å²) >= 11 is 7.35. The van der Waals surface area contributed by atoms with E-state index in [1.807, 2.05) is 27.0 Å². The van der Waals surface area contributed by atoms with Gasteiger partial charge in [-0.15, -0.1) is 0 Å². The van der Waals surface area contributed by atoms with Crippen molar-refractivity contribution in [2.75, 3.05) is 26.0 Å². The van der Waals surface area contributed by atoms with Gasteiger partial charge in [-0.05, 0) is 33.4 Å². The molecule has 128 valence electrons. The summed E-state index contributed by atoms with van der Waals surface area (Å²) in [7, 11) is 0. The molecule has 0 spiro atoms. The molecule has 2 heterocycles. The smallest absolute Gasteiger partial charge is 0.410 e. The van der Waals surface area contributed by atoms with Crippen LogP contribution in [0.3, 0.4) is 0 Å². The zero-order chi connectivity index (χ0) is 17.0. The van der Waals surface area contributed by atoms with Crippen LogP contribution in [0, 0.1) is 5.92 Å². The summed E-state index contributed by atoms with van der Waals surface area (Å²) in [5.41, 5.74) is -0.475. The highest BCUT2D eigenvalue weighted by Crippen LogP contribution is 2.22. The van der Waals surface area contributed by atoms with Gasteiger partial charge >= 0.3 is 6.09 Å². The predicted molar refractivity (Wildman–Crippen MR) is 90.2 cm³/mol. The average molecular weight is 360 g/mol. The van der Waals surface area contributed by atoms with Crippen molar-refractivity contribution >= 4 is 29.5 Å². The van der Waals surface area contributed by atoms with Crippen LogP contribution < -0.4 is 4.74 Å². The Morgan fingerprint density at radius 2 is 2.22 bits per heavy atom. The molecule has 1 aromatic heterocycles. The summed E-state index contributed by atoms with van der Waals surface area (Å²) in [5, 5.41) is 0.940. The van der Waals surface area contributed by atoms with Crippen molar-refractivity contribution in [3.05, 3.63) is 11.2 Å². The molecule has 1 aromatic rings. The van der Waals surface area contributed by atoms with Gasteiger partial charge in [-0.3, -0.25) is 0 Å². The summed E-state index contributed by atoms with van der Waals surface area (Å²) in [4.78, 5) is 22.1. The maximum Gasteiger partial charge on any atom is 0.410 e. The first-order valence-electron chi connectivity index (χ1n) is 7.46. The summed E-state index contributed by atoms with van der Waals surface area (Å²) in [5.74, 6) is 0.721. The number of likely N-dealkylation sites (tertiary alicyclic amines) is 1. The SMILES string of the molecule is CSc1nc(Cl)cc(OCC2CCN(C(=O)OC(C)(C)C)C2)n1. The van der Waals surface area contributed by atoms with Crippen LogP contribution in [0.1, 0.15) is 27.2 Å². The van der Waals surface area contributed by atoms with Crippen molar-refractivity contribution in [2.24, 2.45) is 5.92 Å². The molecule has 0 saturated carbocycles. The molecule has 0 aliphatic carbocycles. The summed E-state index contributed by atoms with van der Waals surface area (Å²) < 4.78 is 11.1. The topological polar surface area (TPSA) is 64.5 Å². The number of carbonyl (C=O) groups is 1. The van der Waals surface area contributed by atoms with Crippen molar-refractivity contribution < 1.29 is 14.3 Å². The molecule has 6 nitrogen and oxygen atoms in total. The quantitative estimate of drug-likeness (QED) is 0.466. The lowest BCUT2D eigenvalue weighted by Crippen LogP contribution is -2.35. The summed E-state index contributed by atoms with van der Waals surface area (Å²) in [6, 6.07) is 1.60. The molecule has 1 unspecified atom stereocenters. The number of carbonyl (C=O) groups excluding carboxylic acids is 1. The van der Waals surface area contributed by atoms with Crippen LogP contribution in [0.5, 0.6) is 5.88 Å². The second-order valence-corrected chi connectivity index (χ2v) is 7.57. The normalized spacial score (nSPS) is 18.1. The molecule has 0 N–H and O–H groups in total. The fraction of sp³-hybridized carbons (Fsp3) is 0.667. The van der Waals surface area contributed by atoms with Crippen LogP contribution in [0.2, 0.25) is 5.15 Å². The van der Waals surface area contributed by atoms with Gasteiger partial charge in [-0.25, -0.2) is 9.78 Å². The van der Waals surface area contributed by atoms with Gasteiger partial charge in [0.25, 0.3) is 0 Å². The van der Waals surface area contributed by atoms with E-state index in [0.29, 0.717) is 35.9 Å². The molecular formula is C15H22ClN3O3S. The third kappa shape index (κ3) is 5.73. The minimum Gasteiger partial charge on any atom is -0.477 e.